The average Bonchev–Trinajstić information content (AvgIpc) is 2.15. The van der Waals surface area contributed by atoms with Crippen molar-refractivity contribution in [3.63, 3.8) is 0 Å². The maximum Gasteiger partial charge on any atom is 0.306 e. The largest absolute Gasteiger partial charge is 0.481 e. The summed E-state index contributed by atoms with van der Waals surface area (Å²) in [7, 11) is 0. The molecule has 0 aliphatic rings. The van der Waals surface area contributed by atoms with Crippen LogP contribution in [0.15, 0.2) is 12.3 Å². The monoisotopic (exact) mass is 226 g/mol. The molecule has 0 radical (unpaired) electrons. The predicted octanol–water partition coefficient (Wildman–Crippen LogP) is -0.159. The zero-order chi connectivity index (χ0) is 12.3. The van der Waals surface area contributed by atoms with Crippen LogP contribution in [0.4, 0.5) is 5.69 Å². The number of pyridine rings is 1. The quantitative estimate of drug-likeness (QED) is 0.567. The van der Waals surface area contributed by atoms with Gasteiger partial charge >= 0.3 is 5.97 Å². The maximum atomic E-state index is 10.4. The van der Waals surface area contributed by atoms with Crippen LogP contribution in [-0.2, 0) is 4.79 Å². The minimum absolute atomic E-state index is 0.239. The summed E-state index contributed by atoms with van der Waals surface area (Å²) in [5, 5.41) is 27.6. The molecule has 2 atom stereocenters. The molecule has 6 nitrogen and oxygen atoms in total. The predicted molar refractivity (Wildman–Crippen MR) is 56.6 cm³/mol. The van der Waals surface area contributed by atoms with Crippen molar-refractivity contribution in [1.29, 1.82) is 0 Å². The van der Waals surface area contributed by atoms with Crippen LogP contribution in [0.1, 0.15) is 23.8 Å². The second kappa shape index (κ2) is 4.91. The van der Waals surface area contributed by atoms with Crippen molar-refractivity contribution in [1.82, 2.24) is 4.98 Å². The molecule has 1 aromatic rings. The third-order valence-electron chi connectivity index (χ3n) is 2.17. The normalized spacial score (nSPS) is 14.4. The number of aromatic nitrogens is 1. The standard InChI is InChI=1S/C10H14N2O4/c1-5-2-6(11)4-12-9(5)10(16)7(13)3-8(14)15/h2,4,7,10,13,16H,3,11H2,1H3,(H,14,15). The van der Waals surface area contributed by atoms with E-state index in [1.807, 2.05) is 0 Å². The number of carboxylic acids is 1. The highest BCUT2D eigenvalue weighted by Crippen LogP contribution is 2.21. The van der Waals surface area contributed by atoms with Crippen molar-refractivity contribution in [3.05, 3.63) is 23.5 Å². The Kier molecular flexibility index (Phi) is 3.81. The zero-order valence-corrected chi connectivity index (χ0v) is 8.79. The van der Waals surface area contributed by atoms with Gasteiger partial charge < -0.3 is 21.1 Å². The number of aryl methyl sites for hydroxylation is 1. The Hall–Kier alpha value is -1.66. The van der Waals surface area contributed by atoms with E-state index in [1.54, 1.807) is 13.0 Å². The van der Waals surface area contributed by atoms with E-state index >= 15 is 0 Å². The van der Waals surface area contributed by atoms with Crippen LogP contribution < -0.4 is 5.73 Å². The number of aliphatic carboxylic acids is 1. The van der Waals surface area contributed by atoms with Crippen LogP contribution in [0.25, 0.3) is 0 Å². The van der Waals surface area contributed by atoms with E-state index in [1.165, 1.54) is 6.20 Å². The summed E-state index contributed by atoms with van der Waals surface area (Å²) in [5.74, 6) is -1.18. The highest BCUT2D eigenvalue weighted by atomic mass is 16.4. The molecular weight excluding hydrogens is 212 g/mol. The highest BCUT2D eigenvalue weighted by Gasteiger charge is 2.23. The number of anilines is 1. The fourth-order valence-electron chi connectivity index (χ4n) is 1.39. The minimum Gasteiger partial charge on any atom is -0.481 e. The summed E-state index contributed by atoms with van der Waals surface area (Å²) in [4.78, 5) is 14.3. The molecule has 1 rings (SSSR count). The van der Waals surface area contributed by atoms with Gasteiger partial charge in [-0.25, -0.2) is 0 Å². The number of rotatable bonds is 4. The summed E-state index contributed by atoms with van der Waals surface area (Å²) in [6.45, 7) is 1.68. The van der Waals surface area contributed by atoms with Crippen LogP contribution in [0.2, 0.25) is 0 Å². The van der Waals surface area contributed by atoms with E-state index < -0.39 is 24.6 Å². The second-order valence-corrected chi connectivity index (χ2v) is 3.58. The smallest absolute Gasteiger partial charge is 0.306 e. The molecule has 0 aliphatic carbocycles. The summed E-state index contributed by atoms with van der Waals surface area (Å²) in [5.41, 5.74) is 6.78. The van der Waals surface area contributed by atoms with Gasteiger partial charge in [0.1, 0.15) is 6.10 Å². The van der Waals surface area contributed by atoms with Gasteiger partial charge in [0, 0.05) is 0 Å². The summed E-state index contributed by atoms with van der Waals surface area (Å²) in [6.07, 6.45) is -1.89. The number of hydrogen-bond donors (Lipinski definition) is 4. The molecule has 2 unspecified atom stereocenters. The molecule has 5 N–H and O–H groups in total. The Morgan fingerprint density at radius 3 is 2.69 bits per heavy atom. The molecular formula is C10H14N2O4. The molecule has 0 fully saturated rings. The molecule has 0 aromatic carbocycles. The number of hydrogen-bond acceptors (Lipinski definition) is 5. The first-order valence-corrected chi connectivity index (χ1v) is 4.71. The summed E-state index contributed by atoms with van der Waals surface area (Å²) >= 11 is 0. The van der Waals surface area contributed by atoms with Crippen LogP contribution in [-0.4, -0.2) is 32.4 Å². The summed E-state index contributed by atoms with van der Waals surface area (Å²) < 4.78 is 0. The fourth-order valence-corrected chi connectivity index (χ4v) is 1.39. The number of aliphatic hydroxyl groups excluding tert-OH is 2. The van der Waals surface area contributed by atoms with Gasteiger partial charge in [0.05, 0.1) is 30.1 Å². The van der Waals surface area contributed by atoms with Crippen LogP contribution in [0.5, 0.6) is 0 Å². The highest BCUT2D eigenvalue weighted by molar-refractivity contribution is 5.67. The van der Waals surface area contributed by atoms with Crippen LogP contribution in [0.3, 0.4) is 0 Å². The summed E-state index contributed by atoms with van der Waals surface area (Å²) in [6, 6.07) is 1.60. The Bertz CT molecular complexity index is 394. The molecule has 0 aliphatic heterocycles. The van der Waals surface area contributed by atoms with E-state index in [0.29, 0.717) is 11.3 Å². The zero-order valence-electron chi connectivity index (χ0n) is 8.79. The first-order valence-electron chi connectivity index (χ1n) is 4.71. The number of nitrogens with two attached hydrogens (primary N) is 1. The van der Waals surface area contributed by atoms with Gasteiger partial charge in [-0.1, -0.05) is 0 Å². The Balaban J connectivity index is 2.87. The minimum atomic E-state index is -1.38. The molecule has 0 saturated heterocycles. The molecule has 0 bridgehead atoms. The Labute approximate surface area is 92.4 Å². The van der Waals surface area contributed by atoms with Crippen molar-refractivity contribution in [2.45, 2.75) is 25.6 Å². The van der Waals surface area contributed by atoms with E-state index in [9.17, 15) is 15.0 Å². The molecule has 0 saturated carbocycles. The van der Waals surface area contributed by atoms with Crippen LogP contribution >= 0.6 is 0 Å². The molecule has 1 aromatic heterocycles. The third kappa shape index (κ3) is 2.91. The molecule has 6 heteroatoms. The van der Waals surface area contributed by atoms with Gasteiger partial charge in [-0.15, -0.1) is 0 Å². The van der Waals surface area contributed by atoms with Crippen molar-refractivity contribution in [3.8, 4) is 0 Å². The van der Waals surface area contributed by atoms with Crippen molar-refractivity contribution < 1.29 is 20.1 Å². The second-order valence-electron chi connectivity index (χ2n) is 3.58. The van der Waals surface area contributed by atoms with E-state index in [-0.39, 0.29) is 5.69 Å². The number of nitrogens with zero attached hydrogens (tertiary/aromatic N) is 1. The van der Waals surface area contributed by atoms with Crippen molar-refractivity contribution in [2.24, 2.45) is 0 Å². The first-order chi connectivity index (χ1) is 7.41. The van der Waals surface area contributed by atoms with E-state index in [2.05, 4.69) is 4.98 Å². The lowest BCUT2D eigenvalue weighted by Gasteiger charge is -2.17. The van der Waals surface area contributed by atoms with Gasteiger partial charge in [0.2, 0.25) is 0 Å². The Morgan fingerprint density at radius 1 is 1.56 bits per heavy atom. The van der Waals surface area contributed by atoms with Gasteiger partial charge in [0.25, 0.3) is 0 Å². The van der Waals surface area contributed by atoms with Gasteiger partial charge in [-0.2, -0.15) is 0 Å². The lowest BCUT2D eigenvalue weighted by atomic mass is 10.0. The van der Waals surface area contributed by atoms with E-state index in [0.717, 1.165) is 0 Å². The lowest BCUT2D eigenvalue weighted by Crippen LogP contribution is -2.23. The lowest BCUT2D eigenvalue weighted by molar-refractivity contribution is -0.141. The average molecular weight is 226 g/mol. The van der Waals surface area contributed by atoms with Crippen molar-refractivity contribution in [2.75, 3.05) is 5.73 Å². The first kappa shape index (κ1) is 12.4. The number of carboxylic acid groups (broad SMARTS) is 1. The molecule has 0 spiro atoms. The SMILES string of the molecule is Cc1cc(N)cnc1C(O)C(O)CC(=O)O. The Morgan fingerprint density at radius 2 is 2.19 bits per heavy atom. The number of nitrogen functional groups attached to an aromatic ring is 1. The third-order valence-corrected chi connectivity index (χ3v) is 2.17. The van der Waals surface area contributed by atoms with E-state index in [4.69, 9.17) is 10.8 Å². The number of carbonyl (C=O) groups is 1. The molecule has 16 heavy (non-hydrogen) atoms. The van der Waals surface area contributed by atoms with Crippen molar-refractivity contribution >= 4 is 11.7 Å². The molecule has 88 valence electrons. The topological polar surface area (TPSA) is 117 Å². The van der Waals surface area contributed by atoms with Gasteiger partial charge in [0.15, 0.2) is 0 Å². The maximum absolute atomic E-state index is 10.4. The molecule has 0 amide bonds. The number of aliphatic hydroxyl groups is 2. The fraction of sp³-hybridized carbons (Fsp3) is 0.400. The van der Waals surface area contributed by atoms with Gasteiger partial charge in [-0.05, 0) is 18.6 Å². The van der Waals surface area contributed by atoms with Gasteiger partial charge in [-0.3, -0.25) is 9.78 Å². The molecule has 1 heterocycles. The van der Waals surface area contributed by atoms with Crippen LogP contribution in [0, 0.1) is 6.92 Å².